The fourth-order valence-corrected chi connectivity index (χ4v) is 1.16. The summed E-state index contributed by atoms with van der Waals surface area (Å²) in [5, 5.41) is 6.45. The van der Waals surface area contributed by atoms with Crippen molar-refractivity contribution in [3.63, 3.8) is 0 Å². The van der Waals surface area contributed by atoms with Crippen molar-refractivity contribution in [2.75, 3.05) is 52.4 Å². The van der Waals surface area contributed by atoms with Gasteiger partial charge >= 0.3 is 0 Å². The lowest BCUT2D eigenvalue weighted by Gasteiger charge is -2.00. The van der Waals surface area contributed by atoms with Crippen molar-refractivity contribution in [3.05, 3.63) is 0 Å². The average molecular weight is 372 g/mol. The van der Waals surface area contributed by atoms with Crippen molar-refractivity contribution in [2.45, 2.75) is 25.7 Å². The van der Waals surface area contributed by atoms with Crippen molar-refractivity contribution in [3.8, 4) is 0 Å². The van der Waals surface area contributed by atoms with Crippen LogP contribution in [-0.2, 0) is 0 Å². The van der Waals surface area contributed by atoms with Gasteiger partial charge in [-0.05, 0) is 78.0 Å². The highest BCUT2D eigenvalue weighted by atomic mass is 35.5. The van der Waals surface area contributed by atoms with E-state index >= 15 is 0 Å². The van der Waals surface area contributed by atoms with Crippen LogP contribution in [0.15, 0.2) is 0 Å². The van der Waals surface area contributed by atoms with Gasteiger partial charge in [-0.1, -0.05) is 0 Å². The van der Waals surface area contributed by atoms with Crippen LogP contribution in [0.4, 0.5) is 0 Å². The quantitative estimate of drug-likeness (QED) is 0.264. The Bertz CT molecular complexity index is 110. The molecule has 0 aliphatic rings. The van der Waals surface area contributed by atoms with Gasteiger partial charge in [-0.2, -0.15) is 0 Å². The number of nitrogens with two attached hydrogens (primary N) is 4. The Labute approximate surface area is 149 Å². The van der Waals surface area contributed by atoms with Gasteiger partial charge < -0.3 is 33.6 Å². The predicted octanol–water partition coefficient (Wildman–Crippen LogP) is -0.187. The van der Waals surface area contributed by atoms with E-state index in [0.717, 1.165) is 78.0 Å². The Morgan fingerprint density at radius 3 is 0.762 bits per heavy atom. The molecule has 0 amide bonds. The third-order valence-electron chi connectivity index (χ3n) is 2.23. The summed E-state index contributed by atoms with van der Waals surface area (Å²) in [6, 6.07) is 0. The van der Waals surface area contributed by atoms with Crippen LogP contribution in [0.25, 0.3) is 0 Å². The molecule has 0 bridgehead atoms. The fraction of sp³-hybridized carbons (Fsp3) is 1.00. The van der Waals surface area contributed by atoms with E-state index < -0.39 is 0 Å². The van der Waals surface area contributed by atoms with Gasteiger partial charge in [-0.3, -0.25) is 0 Å². The summed E-state index contributed by atoms with van der Waals surface area (Å²) < 4.78 is 0. The number of hydrogen-bond acceptors (Lipinski definition) is 6. The minimum Gasteiger partial charge on any atom is -0.330 e. The van der Waals surface area contributed by atoms with Crippen molar-refractivity contribution in [1.29, 1.82) is 0 Å². The molecule has 0 radical (unpaired) electrons. The first-order valence-corrected chi connectivity index (χ1v) is 7.05. The van der Waals surface area contributed by atoms with Gasteiger partial charge in [-0.15, -0.1) is 37.2 Å². The molecule has 0 aromatic heterocycles. The second kappa shape index (κ2) is 37.1. The summed E-state index contributed by atoms with van der Waals surface area (Å²) in [5.41, 5.74) is 21.1. The molecule has 0 aromatic carbocycles. The zero-order valence-corrected chi connectivity index (χ0v) is 15.5. The lowest BCUT2D eigenvalue weighted by molar-refractivity contribution is 0.631. The molecule has 0 aromatic rings. The maximum absolute atomic E-state index is 5.28. The first kappa shape index (κ1) is 33.3. The predicted molar refractivity (Wildman–Crippen MR) is 102 cm³/mol. The van der Waals surface area contributed by atoms with Gasteiger partial charge in [0.05, 0.1) is 0 Å². The van der Waals surface area contributed by atoms with Gasteiger partial charge in [0.1, 0.15) is 0 Å². The summed E-state index contributed by atoms with van der Waals surface area (Å²) in [6.45, 7) is 7.19. The molecule has 0 saturated heterocycles. The first-order chi connectivity index (χ1) is 8.83. The van der Waals surface area contributed by atoms with E-state index in [1.54, 1.807) is 0 Å². The Morgan fingerprint density at radius 2 is 0.619 bits per heavy atom. The molecule has 0 saturated carbocycles. The molecule has 0 heterocycles. The summed E-state index contributed by atoms with van der Waals surface area (Å²) in [6.07, 6.45) is 4.24. The highest BCUT2D eigenvalue weighted by Crippen LogP contribution is 1.72. The first-order valence-electron chi connectivity index (χ1n) is 7.05. The van der Waals surface area contributed by atoms with E-state index in [0.29, 0.717) is 0 Å². The summed E-state index contributed by atoms with van der Waals surface area (Å²) >= 11 is 0. The average Bonchev–Trinajstić information content (AvgIpc) is 2.39. The van der Waals surface area contributed by atoms with Crippen LogP contribution in [0.2, 0.25) is 0 Å². The molecule has 0 spiro atoms. The maximum Gasteiger partial charge on any atom is -0.00369 e. The van der Waals surface area contributed by atoms with E-state index in [1.807, 2.05) is 0 Å². The molecule has 0 fully saturated rings. The maximum atomic E-state index is 5.28. The Balaban J connectivity index is -0.0000000711. The zero-order valence-electron chi connectivity index (χ0n) is 13.0. The minimum absolute atomic E-state index is 0. The molecule has 10 N–H and O–H groups in total. The lowest BCUT2D eigenvalue weighted by atomic mass is 10.4. The molecule has 0 aliphatic heterocycles. The van der Waals surface area contributed by atoms with Crippen LogP contribution in [-0.4, -0.2) is 52.4 Å². The number of rotatable bonds is 12. The second-order valence-electron chi connectivity index (χ2n) is 4.07. The lowest BCUT2D eigenvalue weighted by Crippen LogP contribution is -2.21. The molecule has 0 atom stereocenters. The summed E-state index contributed by atoms with van der Waals surface area (Å²) in [5.74, 6) is 0. The van der Waals surface area contributed by atoms with Crippen LogP contribution in [0.3, 0.4) is 0 Å². The van der Waals surface area contributed by atoms with Crippen LogP contribution in [0.5, 0.6) is 0 Å². The topological polar surface area (TPSA) is 128 Å². The highest BCUT2D eigenvalue weighted by Gasteiger charge is 1.84. The van der Waals surface area contributed by atoms with Crippen LogP contribution < -0.4 is 33.6 Å². The molecular weight excluding hydrogens is 335 g/mol. The Kier molecular flexibility index (Phi) is 58.9. The monoisotopic (exact) mass is 370 g/mol. The van der Waals surface area contributed by atoms with Gasteiger partial charge in [0, 0.05) is 0 Å². The number of halogens is 3. The van der Waals surface area contributed by atoms with Gasteiger partial charge in [0.15, 0.2) is 0 Å². The summed E-state index contributed by atoms with van der Waals surface area (Å²) in [4.78, 5) is 0. The van der Waals surface area contributed by atoms with E-state index in [1.165, 1.54) is 0 Å². The van der Waals surface area contributed by atoms with Gasteiger partial charge in [0.25, 0.3) is 0 Å². The third-order valence-corrected chi connectivity index (χ3v) is 2.23. The second-order valence-corrected chi connectivity index (χ2v) is 4.07. The van der Waals surface area contributed by atoms with Gasteiger partial charge in [-0.25, -0.2) is 0 Å². The zero-order chi connectivity index (χ0) is 13.9. The molecule has 136 valence electrons. The number of hydrogen-bond donors (Lipinski definition) is 6. The Hall–Kier alpha value is 0.630. The van der Waals surface area contributed by atoms with Crippen molar-refractivity contribution in [2.24, 2.45) is 22.9 Å². The van der Waals surface area contributed by atoms with Crippen LogP contribution in [0.1, 0.15) is 25.7 Å². The molecule has 9 heteroatoms. The standard InChI is InChI=1S/2C6H17N3.3ClH/c2*7-3-1-5-9-6-2-4-8;;;/h2*9H,1-8H2;3*1H. The molecule has 6 nitrogen and oxygen atoms in total. The molecule has 0 unspecified atom stereocenters. The van der Waals surface area contributed by atoms with Crippen LogP contribution in [0, 0.1) is 0 Å². The van der Waals surface area contributed by atoms with Crippen molar-refractivity contribution >= 4 is 37.2 Å². The van der Waals surface area contributed by atoms with Crippen molar-refractivity contribution in [1.82, 2.24) is 10.6 Å². The molecule has 0 rings (SSSR count). The van der Waals surface area contributed by atoms with Crippen LogP contribution >= 0.6 is 37.2 Å². The largest absolute Gasteiger partial charge is 0.330 e. The molecule has 0 aliphatic carbocycles. The number of nitrogens with one attached hydrogen (secondary N) is 2. The smallest absolute Gasteiger partial charge is 0.00369 e. The van der Waals surface area contributed by atoms with E-state index in [2.05, 4.69) is 10.6 Å². The SMILES string of the molecule is Cl.Cl.Cl.NCCCNCCCN.NCCCNCCCN. The fourth-order valence-electron chi connectivity index (χ4n) is 1.16. The summed E-state index contributed by atoms with van der Waals surface area (Å²) in [7, 11) is 0. The van der Waals surface area contributed by atoms with Gasteiger partial charge in [0.2, 0.25) is 0 Å². The third kappa shape index (κ3) is 44.9. The molecule has 21 heavy (non-hydrogen) atoms. The molecular formula is C12H37Cl3N6. The van der Waals surface area contributed by atoms with Crippen molar-refractivity contribution < 1.29 is 0 Å². The van der Waals surface area contributed by atoms with E-state index in [-0.39, 0.29) is 37.2 Å². The Morgan fingerprint density at radius 1 is 0.429 bits per heavy atom. The highest BCUT2D eigenvalue weighted by molar-refractivity contribution is 5.86. The van der Waals surface area contributed by atoms with E-state index in [9.17, 15) is 0 Å². The van der Waals surface area contributed by atoms with E-state index in [4.69, 9.17) is 22.9 Å². The normalized spacial score (nSPS) is 8.57. The minimum atomic E-state index is 0.